The second kappa shape index (κ2) is 3.97. The molecule has 3 heteroatoms. The van der Waals surface area contributed by atoms with Crippen molar-refractivity contribution in [3.63, 3.8) is 0 Å². The highest BCUT2D eigenvalue weighted by atomic mass is 16.5. The average Bonchev–Trinajstić information content (AvgIpc) is 2.79. The van der Waals surface area contributed by atoms with Gasteiger partial charge in [0, 0.05) is 6.42 Å². The van der Waals surface area contributed by atoms with E-state index in [1.807, 2.05) is 6.92 Å². The van der Waals surface area contributed by atoms with Crippen LogP contribution in [0, 0.1) is 17.8 Å². The van der Waals surface area contributed by atoms with Gasteiger partial charge in [0.05, 0.1) is 18.4 Å². The normalized spacial score (nSPS) is 35.1. The average molecular weight is 234 g/mol. The summed E-state index contributed by atoms with van der Waals surface area (Å²) in [6.45, 7) is 2.23. The first kappa shape index (κ1) is 11.0. The molecule has 1 fully saturated rings. The van der Waals surface area contributed by atoms with Crippen molar-refractivity contribution in [3.8, 4) is 0 Å². The smallest absolute Gasteiger partial charge is 0.310 e. The van der Waals surface area contributed by atoms with Crippen molar-refractivity contribution in [2.24, 2.45) is 17.8 Å². The molecule has 3 nitrogen and oxygen atoms in total. The molecule has 0 saturated heterocycles. The number of ether oxygens (including phenoxy) is 1. The molecule has 2 bridgehead atoms. The first-order valence-electron chi connectivity index (χ1n) is 6.63. The van der Waals surface area contributed by atoms with Crippen LogP contribution in [0.25, 0.3) is 0 Å². The third-order valence-corrected chi connectivity index (χ3v) is 4.50. The largest absolute Gasteiger partial charge is 0.466 e. The number of carbonyl (C=O) groups is 2. The van der Waals surface area contributed by atoms with Gasteiger partial charge >= 0.3 is 5.97 Å². The van der Waals surface area contributed by atoms with E-state index in [0.717, 1.165) is 19.3 Å². The molecule has 0 aromatic heterocycles. The van der Waals surface area contributed by atoms with E-state index in [9.17, 15) is 9.59 Å². The number of allylic oxidation sites excluding steroid dienone is 2. The molecule has 4 aliphatic carbocycles. The molecule has 0 spiro atoms. The van der Waals surface area contributed by atoms with Crippen LogP contribution < -0.4 is 0 Å². The molecular weight excluding hydrogens is 216 g/mol. The van der Waals surface area contributed by atoms with Gasteiger partial charge in [-0.2, -0.15) is 0 Å². The van der Waals surface area contributed by atoms with Gasteiger partial charge in [-0.05, 0) is 38.5 Å². The van der Waals surface area contributed by atoms with Crippen molar-refractivity contribution in [1.29, 1.82) is 0 Å². The van der Waals surface area contributed by atoms with Crippen LogP contribution in [0.15, 0.2) is 11.1 Å². The molecule has 17 heavy (non-hydrogen) atoms. The highest BCUT2D eigenvalue weighted by molar-refractivity contribution is 5.92. The Morgan fingerprint density at radius 3 is 2.88 bits per heavy atom. The molecule has 0 unspecified atom stereocenters. The summed E-state index contributed by atoms with van der Waals surface area (Å²) < 4.78 is 5.12. The summed E-state index contributed by atoms with van der Waals surface area (Å²) in [5.74, 6) is 0.156. The van der Waals surface area contributed by atoms with Gasteiger partial charge in [-0.25, -0.2) is 0 Å². The van der Waals surface area contributed by atoms with E-state index in [1.54, 1.807) is 0 Å². The molecule has 0 N–H and O–H groups in total. The summed E-state index contributed by atoms with van der Waals surface area (Å²) in [7, 11) is 0. The predicted molar refractivity (Wildman–Crippen MR) is 62.2 cm³/mol. The third-order valence-electron chi connectivity index (χ3n) is 4.50. The topological polar surface area (TPSA) is 43.4 Å². The maximum Gasteiger partial charge on any atom is 0.310 e. The number of Topliss-reactive ketones (excluding diaryl/α,β-unsaturated/α-hetero) is 1. The van der Waals surface area contributed by atoms with Crippen molar-refractivity contribution >= 4 is 11.8 Å². The van der Waals surface area contributed by atoms with Crippen molar-refractivity contribution < 1.29 is 14.3 Å². The summed E-state index contributed by atoms with van der Waals surface area (Å²) >= 11 is 0. The second-order valence-electron chi connectivity index (χ2n) is 5.34. The van der Waals surface area contributed by atoms with E-state index in [1.165, 1.54) is 17.6 Å². The molecule has 1 saturated carbocycles. The summed E-state index contributed by atoms with van der Waals surface area (Å²) in [6, 6.07) is 0. The van der Waals surface area contributed by atoms with Crippen molar-refractivity contribution in [1.82, 2.24) is 0 Å². The first-order chi connectivity index (χ1) is 8.22. The van der Waals surface area contributed by atoms with Gasteiger partial charge in [-0.1, -0.05) is 11.1 Å². The lowest BCUT2D eigenvalue weighted by Crippen LogP contribution is -2.43. The zero-order valence-corrected chi connectivity index (χ0v) is 10.2. The Morgan fingerprint density at radius 1 is 1.35 bits per heavy atom. The molecule has 4 rings (SSSR count). The molecule has 3 atom stereocenters. The fraction of sp³-hybridized carbons (Fsp3) is 0.714. The maximum absolute atomic E-state index is 12.1. The lowest BCUT2D eigenvalue weighted by atomic mass is 9.62. The van der Waals surface area contributed by atoms with E-state index >= 15 is 0 Å². The van der Waals surface area contributed by atoms with Crippen LogP contribution in [0.1, 0.15) is 39.0 Å². The Hall–Kier alpha value is -1.12. The Balaban J connectivity index is 1.92. The molecule has 0 amide bonds. The third kappa shape index (κ3) is 1.55. The zero-order chi connectivity index (χ0) is 12.0. The molecule has 92 valence electrons. The van der Waals surface area contributed by atoms with Crippen molar-refractivity contribution in [2.45, 2.75) is 39.0 Å². The van der Waals surface area contributed by atoms with Crippen LogP contribution in [0.2, 0.25) is 0 Å². The van der Waals surface area contributed by atoms with Crippen LogP contribution in [-0.2, 0) is 14.3 Å². The Bertz CT molecular complexity index is 408. The van der Waals surface area contributed by atoms with Crippen LogP contribution >= 0.6 is 0 Å². The van der Waals surface area contributed by atoms with Gasteiger partial charge in [0.1, 0.15) is 5.78 Å². The highest BCUT2D eigenvalue weighted by Gasteiger charge is 2.50. The molecular formula is C14H18O3. The standard InChI is InChI=1S/C14H18O3/c1-2-17-14(16)11-6-8-7-12(15)13(11)10-5-3-4-9(8)10/h8,11,13H,2-7H2,1H3/t8-,11+,13+/m1/s1. The minimum absolute atomic E-state index is 0.128. The van der Waals surface area contributed by atoms with Gasteiger partial charge in [0.15, 0.2) is 0 Å². The molecule has 4 aliphatic rings. The van der Waals surface area contributed by atoms with Gasteiger partial charge in [-0.15, -0.1) is 0 Å². The van der Waals surface area contributed by atoms with Crippen LogP contribution in [0.3, 0.4) is 0 Å². The number of carbonyl (C=O) groups excluding carboxylic acids is 2. The van der Waals surface area contributed by atoms with Crippen LogP contribution in [-0.4, -0.2) is 18.4 Å². The monoisotopic (exact) mass is 234 g/mol. The number of ketones is 1. The van der Waals surface area contributed by atoms with Gasteiger partial charge in [0.2, 0.25) is 0 Å². The minimum Gasteiger partial charge on any atom is -0.466 e. The van der Waals surface area contributed by atoms with E-state index in [2.05, 4.69) is 0 Å². The minimum atomic E-state index is -0.182. The van der Waals surface area contributed by atoms with Crippen LogP contribution in [0.4, 0.5) is 0 Å². The summed E-state index contributed by atoms with van der Waals surface area (Å²) in [6.07, 6.45) is 4.85. The number of fused-ring (bicyclic) bond motifs is 2. The molecule has 0 aromatic rings. The van der Waals surface area contributed by atoms with Crippen molar-refractivity contribution in [2.75, 3.05) is 6.61 Å². The summed E-state index contributed by atoms with van der Waals surface area (Å²) in [5.41, 5.74) is 2.81. The summed E-state index contributed by atoms with van der Waals surface area (Å²) in [5, 5.41) is 0. The number of hydrogen-bond donors (Lipinski definition) is 0. The van der Waals surface area contributed by atoms with E-state index < -0.39 is 0 Å². The lowest BCUT2D eigenvalue weighted by Gasteiger charge is -2.41. The van der Waals surface area contributed by atoms with E-state index in [4.69, 9.17) is 4.74 Å². The van der Waals surface area contributed by atoms with Gasteiger partial charge < -0.3 is 4.74 Å². The van der Waals surface area contributed by atoms with E-state index in [-0.39, 0.29) is 23.6 Å². The van der Waals surface area contributed by atoms with Crippen molar-refractivity contribution in [3.05, 3.63) is 11.1 Å². The second-order valence-corrected chi connectivity index (χ2v) is 5.34. The maximum atomic E-state index is 12.1. The fourth-order valence-electron chi connectivity index (χ4n) is 3.92. The molecule has 0 aliphatic heterocycles. The number of hydrogen-bond acceptors (Lipinski definition) is 3. The lowest BCUT2D eigenvalue weighted by molar-refractivity contribution is -0.154. The van der Waals surface area contributed by atoms with E-state index in [0.29, 0.717) is 18.9 Å². The Kier molecular flexibility index (Phi) is 2.57. The zero-order valence-electron chi connectivity index (χ0n) is 10.2. The number of rotatable bonds is 2. The summed E-state index contributed by atoms with van der Waals surface area (Å²) in [4.78, 5) is 24.0. The molecule has 0 radical (unpaired) electrons. The SMILES string of the molecule is CCOC(=O)[C@H]1C[C@@H]2CC(=O)[C@H]1C1=C2CCC1. The highest BCUT2D eigenvalue weighted by Crippen LogP contribution is 2.52. The molecule has 0 heterocycles. The quantitative estimate of drug-likeness (QED) is 0.543. The fourth-order valence-corrected chi connectivity index (χ4v) is 3.92. The first-order valence-corrected chi connectivity index (χ1v) is 6.63. The Morgan fingerprint density at radius 2 is 2.12 bits per heavy atom. The van der Waals surface area contributed by atoms with Gasteiger partial charge in [0.25, 0.3) is 0 Å². The van der Waals surface area contributed by atoms with Crippen LogP contribution in [0.5, 0.6) is 0 Å². The molecule has 0 aromatic carbocycles. The predicted octanol–water partition coefficient (Wildman–Crippen LogP) is 2.26. The van der Waals surface area contributed by atoms with Gasteiger partial charge in [-0.3, -0.25) is 9.59 Å². The Labute approximate surface area is 101 Å². The number of esters is 1.